The fourth-order valence-corrected chi connectivity index (χ4v) is 4.17. The van der Waals surface area contributed by atoms with E-state index in [9.17, 15) is 4.79 Å². The Kier molecular flexibility index (Phi) is 8.16. The van der Waals surface area contributed by atoms with E-state index in [0.29, 0.717) is 35.1 Å². The third-order valence-corrected chi connectivity index (χ3v) is 6.10. The van der Waals surface area contributed by atoms with Crippen LogP contribution >= 0.6 is 11.8 Å². The monoisotopic (exact) mass is 494 g/mol. The number of aromatic amines is 1. The van der Waals surface area contributed by atoms with Crippen molar-refractivity contribution < 1.29 is 4.79 Å². The van der Waals surface area contributed by atoms with E-state index in [1.54, 1.807) is 0 Å². The molecule has 0 unspecified atom stereocenters. The lowest BCUT2D eigenvalue weighted by Crippen LogP contribution is -2.45. The molecule has 35 heavy (non-hydrogen) atoms. The maximum absolute atomic E-state index is 11.7. The molecule has 1 saturated heterocycles. The summed E-state index contributed by atoms with van der Waals surface area (Å²) in [5, 5.41) is 16.5. The van der Waals surface area contributed by atoms with Crippen LogP contribution < -0.4 is 20.9 Å². The smallest absolute Gasteiger partial charge is 0.319 e. The molecule has 0 saturated carbocycles. The van der Waals surface area contributed by atoms with Gasteiger partial charge in [0.25, 0.3) is 0 Å². The van der Waals surface area contributed by atoms with E-state index in [1.807, 2.05) is 56.3 Å². The minimum absolute atomic E-state index is 0.228. The lowest BCUT2D eigenvalue weighted by molar-refractivity contribution is 0.252. The first kappa shape index (κ1) is 24.5. The molecule has 4 rings (SSSR count). The molecule has 12 heteroatoms. The normalized spacial score (nSPS) is 14.3. The molecule has 0 atom stereocenters. The summed E-state index contributed by atoms with van der Waals surface area (Å²) in [5.74, 6) is 1.70. The number of nitrogens with one attached hydrogen (secondary N) is 4. The highest BCUT2D eigenvalue weighted by Crippen LogP contribution is 2.28. The molecule has 1 aliphatic heterocycles. The van der Waals surface area contributed by atoms with Crippen LogP contribution in [0.2, 0.25) is 0 Å². The lowest BCUT2D eigenvalue weighted by Gasteiger charge is -2.32. The van der Waals surface area contributed by atoms with Crippen molar-refractivity contribution >= 4 is 47.3 Å². The van der Waals surface area contributed by atoms with Gasteiger partial charge in [0, 0.05) is 49.4 Å². The fraction of sp³-hybridized carbons (Fsp3) is 0.348. The summed E-state index contributed by atoms with van der Waals surface area (Å²) in [6.45, 7) is 7.98. The van der Waals surface area contributed by atoms with Gasteiger partial charge in [-0.25, -0.2) is 4.79 Å². The second-order valence-electron chi connectivity index (χ2n) is 7.98. The van der Waals surface area contributed by atoms with Crippen LogP contribution in [0.15, 0.2) is 46.5 Å². The van der Waals surface area contributed by atoms with Crippen molar-refractivity contribution in [2.24, 2.45) is 0 Å². The summed E-state index contributed by atoms with van der Waals surface area (Å²) in [6.07, 6.45) is 3.88. The van der Waals surface area contributed by atoms with E-state index in [0.717, 1.165) is 36.8 Å². The average molecular weight is 495 g/mol. The summed E-state index contributed by atoms with van der Waals surface area (Å²) in [5.41, 5.74) is 1.60. The van der Waals surface area contributed by atoms with Crippen LogP contribution in [0, 0.1) is 0 Å². The summed E-state index contributed by atoms with van der Waals surface area (Å²) < 4.78 is 0. The predicted octanol–water partition coefficient (Wildman–Crippen LogP) is 3.42. The maximum Gasteiger partial charge on any atom is 0.319 e. The first-order valence-electron chi connectivity index (χ1n) is 11.5. The first-order chi connectivity index (χ1) is 17.0. The van der Waals surface area contributed by atoms with Crippen molar-refractivity contribution in [3.05, 3.63) is 42.1 Å². The van der Waals surface area contributed by atoms with Crippen molar-refractivity contribution in [2.75, 3.05) is 55.3 Å². The SMILES string of the molecule is C/C=C/c1cc(Nc2nc(Sc3ccc(NC(=O)NCC)cc3)nc(N3CCN(C)CC3)n2)n[nH]1. The minimum atomic E-state index is -0.228. The molecule has 11 nitrogen and oxygen atoms in total. The number of amides is 2. The molecule has 1 aromatic carbocycles. The van der Waals surface area contributed by atoms with Crippen molar-refractivity contribution in [1.29, 1.82) is 0 Å². The number of benzene rings is 1. The number of allylic oxidation sites excluding steroid dienone is 1. The maximum atomic E-state index is 11.7. The summed E-state index contributed by atoms with van der Waals surface area (Å²) in [6, 6.07) is 9.23. The predicted molar refractivity (Wildman–Crippen MR) is 139 cm³/mol. The van der Waals surface area contributed by atoms with E-state index < -0.39 is 0 Å². The van der Waals surface area contributed by atoms with Gasteiger partial charge in [0.2, 0.25) is 11.9 Å². The number of hydrogen-bond donors (Lipinski definition) is 4. The zero-order valence-corrected chi connectivity index (χ0v) is 20.9. The van der Waals surface area contributed by atoms with Crippen molar-refractivity contribution in [3.63, 3.8) is 0 Å². The molecule has 2 aromatic heterocycles. The van der Waals surface area contributed by atoms with E-state index in [2.05, 4.69) is 53.0 Å². The number of nitrogens with zero attached hydrogens (tertiary/aromatic N) is 6. The van der Waals surface area contributed by atoms with Crippen LogP contribution in [0.1, 0.15) is 19.5 Å². The van der Waals surface area contributed by atoms with E-state index in [4.69, 9.17) is 4.98 Å². The topological polar surface area (TPSA) is 127 Å². The number of likely N-dealkylation sites (N-methyl/N-ethyl adjacent to an activating group) is 1. The Labute approximate surface area is 208 Å². The first-order valence-corrected chi connectivity index (χ1v) is 12.3. The molecule has 3 heterocycles. The summed E-state index contributed by atoms with van der Waals surface area (Å²) >= 11 is 1.44. The number of hydrogen-bond acceptors (Lipinski definition) is 9. The Hall–Kier alpha value is -3.64. The van der Waals surface area contributed by atoms with Gasteiger partial charge in [-0.15, -0.1) is 0 Å². The van der Waals surface area contributed by atoms with Gasteiger partial charge in [0.05, 0.1) is 5.69 Å². The lowest BCUT2D eigenvalue weighted by atomic mass is 10.3. The van der Waals surface area contributed by atoms with E-state index in [-0.39, 0.29) is 6.03 Å². The Balaban J connectivity index is 1.54. The van der Waals surface area contributed by atoms with Crippen molar-refractivity contribution in [2.45, 2.75) is 23.9 Å². The molecule has 0 radical (unpaired) electrons. The molecule has 0 aliphatic carbocycles. The molecule has 0 bridgehead atoms. The van der Waals surface area contributed by atoms with Crippen LogP contribution in [-0.2, 0) is 0 Å². The second-order valence-corrected chi connectivity index (χ2v) is 9.02. The highest BCUT2D eigenvalue weighted by molar-refractivity contribution is 7.99. The Morgan fingerprint density at radius 1 is 1.14 bits per heavy atom. The van der Waals surface area contributed by atoms with Crippen LogP contribution in [0.5, 0.6) is 0 Å². The second kappa shape index (κ2) is 11.7. The molecule has 2 amide bonds. The molecule has 3 aromatic rings. The number of aromatic nitrogens is 5. The van der Waals surface area contributed by atoms with Gasteiger partial charge < -0.3 is 25.8 Å². The average Bonchev–Trinajstić information content (AvgIpc) is 3.28. The van der Waals surface area contributed by atoms with Crippen molar-refractivity contribution in [1.82, 2.24) is 35.4 Å². The molecule has 1 aliphatic rings. The van der Waals surface area contributed by atoms with Gasteiger partial charge in [-0.2, -0.15) is 20.1 Å². The van der Waals surface area contributed by atoms with Crippen molar-refractivity contribution in [3.8, 4) is 0 Å². The number of anilines is 4. The minimum Gasteiger partial charge on any atom is -0.338 e. The Morgan fingerprint density at radius 3 is 2.63 bits per heavy atom. The number of piperazine rings is 1. The summed E-state index contributed by atoms with van der Waals surface area (Å²) in [4.78, 5) is 31.2. The largest absolute Gasteiger partial charge is 0.338 e. The third-order valence-electron chi connectivity index (χ3n) is 5.23. The standard InChI is InChI=1S/C23H30N10OS/c1-4-6-17-15-19(31-30-17)26-20-27-21(33-13-11-32(3)12-14-33)29-23(28-20)35-18-9-7-16(8-10-18)25-22(34)24-5-2/h4,6-10,15H,5,11-14H2,1-3H3,(H2,24,25,34)(H2,26,27,28,29,30,31)/b6-4+. The molecule has 4 N–H and O–H groups in total. The number of carbonyl (C=O) groups is 1. The highest BCUT2D eigenvalue weighted by atomic mass is 32.2. The fourth-order valence-electron chi connectivity index (χ4n) is 3.42. The van der Waals surface area contributed by atoms with Crippen LogP contribution in [0.25, 0.3) is 6.08 Å². The zero-order chi connectivity index (χ0) is 24.6. The van der Waals surface area contributed by atoms with Gasteiger partial charge in [-0.05, 0) is 63.0 Å². The zero-order valence-electron chi connectivity index (χ0n) is 20.1. The number of H-pyrrole nitrogens is 1. The molecule has 184 valence electrons. The van der Waals surface area contributed by atoms with E-state index >= 15 is 0 Å². The number of carbonyl (C=O) groups excluding carboxylic acids is 1. The molecular weight excluding hydrogens is 464 g/mol. The van der Waals surface area contributed by atoms with Gasteiger partial charge >= 0.3 is 6.03 Å². The Morgan fingerprint density at radius 2 is 1.91 bits per heavy atom. The Bertz CT molecular complexity index is 1160. The molecule has 0 spiro atoms. The summed E-state index contributed by atoms with van der Waals surface area (Å²) in [7, 11) is 2.11. The van der Waals surface area contributed by atoms with Gasteiger partial charge in [-0.3, -0.25) is 5.10 Å². The molecular formula is C23H30N10OS. The molecule has 1 fully saturated rings. The number of urea groups is 1. The highest BCUT2D eigenvalue weighted by Gasteiger charge is 2.19. The van der Waals surface area contributed by atoms with Crippen LogP contribution in [0.4, 0.5) is 28.2 Å². The van der Waals surface area contributed by atoms with Gasteiger partial charge in [0.1, 0.15) is 0 Å². The van der Waals surface area contributed by atoms with Crippen LogP contribution in [0.3, 0.4) is 0 Å². The third kappa shape index (κ3) is 6.93. The van der Waals surface area contributed by atoms with Gasteiger partial charge in [-0.1, -0.05) is 6.08 Å². The van der Waals surface area contributed by atoms with Gasteiger partial charge in [0.15, 0.2) is 11.0 Å². The quantitative estimate of drug-likeness (QED) is 0.372. The number of rotatable bonds is 8. The van der Waals surface area contributed by atoms with Crippen LogP contribution in [-0.4, -0.2) is 75.9 Å². The van der Waals surface area contributed by atoms with E-state index in [1.165, 1.54) is 11.8 Å².